The topological polar surface area (TPSA) is 80.3 Å². The van der Waals surface area contributed by atoms with E-state index in [1.165, 1.54) is 0 Å². The Kier molecular flexibility index (Phi) is 6.91. The van der Waals surface area contributed by atoms with E-state index in [1.807, 2.05) is 18.2 Å². The summed E-state index contributed by atoms with van der Waals surface area (Å²) in [4.78, 5) is 27.6. The lowest BCUT2D eigenvalue weighted by Gasteiger charge is -2.07. The van der Waals surface area contributed by atoms with Crippen molar-refractivity contribution >= 4 is 17.6 Å². The highest BCUT2D eigenvalue weighted by Gasteiger charge is 2.07. The van der Waals surface area contributed by atoms with Crippen LogP contribution < -0.4 is 10.6 Å². The molecule has 0 bridgehead atoms. The molecular formula is C18H21N3O3. The maximum absolute atomic E-state index is 11.9. The number of carbonyl (C=O) groups is 2. The highest BCUT2D eigenvalue weighted by atomic mass is 16.5. The summed E-state index contributed by atoms with van der Waals surface area (Å²) in [5, 5.41) is 5.96. The lowest BCUT2D eigenvalue weighted by molar-refractivity contribution is -0.116. The Morgan fingerprint density at radius 3 is 2.58 bits per heavy atom. The number of anilines is 1. The largest absolute Gasteiger partial charge is 0.462 e. The van der Waals surface area contributed by atoms with Gasteiger partial charge in [-0.05, 0) is 43.3 Å². The van der Waals surface area contributed by atoms with Gasteiger partial charge in [0.05, 0.1) is 17.9 Å². The third-order valence-electron chi connectivity index (χ3n) is 3.24. The first-order valence-electron chi connectivity index (χ1n) is 7.86. The fourth-order valence-electron chi connectivity index (χ4n) is 2.05. The van der Waals surface area contributed by atoms with Gasteiger partial charge in [-0.1, -0.05) is 6.07 Å². The molecule has 0 aliphatic carbocycles. The molecule has 0 fully saturated rings. The number of amides is 1. The minimum atomic E-state index is -0.367. The van der Waals surface area contributed by atoms with Crippen LogP contribution in [0.4, 0.5) is 5.69 Å². The summed E-state index contributed by atoms with van der Waals surface area (Å²) in [6, 6.07) is 12.4. The van der Waals surface area contributed by atoms with E-state index in [2.05, 4.69) is 15.6 Å². The Hall–Kier alpha value is -2.73. The molecule has 0 radical (unpaired) electrons. The van der Waals surface area contributed by atoms with Crippen LogP contribution in [0.15, 0.2) is 48.7 Å². The molecule has 0 aliphatic rings. The van der Waals surface area contributed by atoms with Crippen LogP contribution in [0.2, 0.25) is 0 Å². The average molecular weight is 327 g/mol. The molecule has 2 rings (SSSR count). The van der Waals surface area contributed by atoms with Crippen LogP contribution in [0.5, 0.6) is 0 Å². The first-order valence-corrected chi connectivity index (χ1v) is 7.86. The van der Waals surface area contributed by atoms with Crippen molar-refractivity contribution in [1.82, 2.24) is 10.3 Å². The molecule has 1 aromatic carbocycles. The highest BCUT2D eigenvalue weighted by molar-refractivity contribution is 5.93. The minimum absolute atomic E-state index is 0.0904. The number of carbonyl (C=O) groups excluding carboxylic acids is 2. The molecule has 0 unspecified atom stereocenters. The van der Waals surface area contributed by atoms with Crippen LogP contribution in [0.1, 0.15) is 29.4 Å². The van der Waals surface area contributed by atoms with Crippen molar-refractivity contribution in [3.8, 4) is 0 Å². The van der Waals surface area contributed by atoms with Crippen LogP contribution in [0.3, 0.4) is 0 Å². The summed E-state index contributed by atoms with van der Waals surface area (Å²) in [6.45, 7) is 3.28. The van der Waals surface area contributed by atoms with Gasteiger partial charge in [-0.15, -0.1) is 0 Å². The fourth-order valence-corrected chi connectivity index (χ4v) is 2.05. The Bertz CT molecular complexity index is 657. The van der Waals surface area contributed by atoms with Crippen LogP contribution in [-0.4, -0.2) is 30.0 Å². The summed E-state index contributed by atoms with van der Waals surface area (Å²) in [7, 11) is 0. The molecule has 2 N–H and O–H groups in total. The first kappa shape index (κ1) is 17.6. The molecule has 6 heteroatoms. The highest BCUT2D eigenvalue weighted by Crippen LogP contribution is 2.11. The van der Waals surface area contributed by atoms with E-state index < -0.39 is 0 Å². The number of benzene rings is 1. The molecule has 24 heavy (non-hydrogen) atoms. The Labute approximate surface area is 141 Å². The van der Waals surface area contributed by atoms with Gasteiger partial charge in [0.15, 0.2) is 0 Å². The number of hydrogen-bond donors (Lipinski definition) is 2. The standard InChI is InChI=1S/C18H21N3O3/c1-2-24-18(23)14-6-8-15(9-7-14)21-17(22)10-12-19-13-16-5-3-4-11-20-16/h3-9,11,19H,2,10,12-13H2,1H3,(H,21,22). The molecule has 0 aliphatic heterocycles. The van der Waals surface area contributed by atoms with Crippen molar-refractivity contribution in [3.63, 3.8) is 0 Å². The molecule has 1 aromatic heterocycles. The number of aromatic nitrogens is 1. The zero-order chi connectivity index (χ0) is 17.2. The van der Waals surface area contributed by atoms with Crippen molar-refractivity contribution in [2.75, 3.05) is 18.5 Å². The monoisotopic (exact) mass is 327 g/mol. The zero-order valence-electron chi connectivity index (χ0n) is 13.6. The van der Waals surface area contributed by atoms with Gasteiger partial charge in [0.25, 0.3) is 0 Å². The van der Waals surface area contributed by atoms with E-state index in [0.717, 1.165) is 5.69 Å². The van der Waals surface area contributed by atoms with Crippen molar-refractivity contribution in [1.29, 1.82) is 0 Å². The second-order valence-corrected chi connectivity index (χ2v) is 5.09. The van der Waals surface area contributed by atoms with Crippen LogP contribution in [0.25, 0.3) is 0 Å². The lowest BCUT2D eigenvalue weighted by atomic mass is 10.2. The smallest absolute Gasteiger partial charge is 0.338 e. The van der Waals surface area contributed by atoms with Crippen LogP contribution in [0, 0.1) is 0 Å². The maximum atomic E-state index is 11.9. The minimum Gasteiger partial charge on any atom is -0.462 e. The van der Waals surface area contributed by atoms with E-state index in [1.54, 1.807) is 37.4 Å². The van der Waals surface area contributed by atoms with Crippen molar-refractivity contribution < 1.29 is 14.3 Å². The molecule has 0 atom stereocenters. The van der Waals surface area contributed by atoms with E-state index in [4.69, 9.17) is 4.74 Å². The van der Waals surface area contributed by atoms with Crippen LogP contribution >= 0.6 is 0 Å². The first-order chi connectivity index (χ1) is 11.7. The summed E-state index contributed by atoms with van der Waals surface area (Å²) in [5.41, 5.74) is 2.05. The third kappa shape index (κ3) is 5.81. The Morgan fingerprint density at radius 1 is 1.12 bits per heavy atom. The number of hydrogen-bond acceptors (Lipinski definition) is 5. The van der Waals surface area contributed by atoms with Gasteiger partial charge >= 0.3 is 5.97 Å². The molecular weight excluding hydrogens is 306 g/mol. The predicted octanol–water partition coefficient (Wildman–Crippen LogP) is 2.38. The predicted molar refractivity (Wildman–Crippen MR) is 91.6 cm³/mol. The van der Waals surface area contributed by atoms with E-state index >= 15 is 0 Å². The second kappa shape index (κ2) is 9.42. The molecule has 6 nitrogen and oxygen atoms in total. The van der Waals surface area contributed by atoms with E-state index in [9.17, 15) is 9.59 Å². The molecule has 0 spiro atoms. The maximum Gasteiger partial charge on any atom is 0.338 e. The Morgan fingerprint density at radius 2 is 1.92 bits per heavy atom. The van der Waals surface area contributed by atoms with Crippen molar-refractivity contribution in [2.24, 2.45) is 0 Å². The molecule has 2 aromatic rings. The van der Waals surface area contributed by atoms with Gasteiger partial charge in [-0.3, -0.25) is 9.78 Å². The number of pyridine rings is 1. The van der Waals surface area contributed by atoms with Gasteiger partial charge in [0.1, 0.15) is 0 Å². The van der Waals surface area contributed by atoms with Gasteiger partial charge < -0.3 is 15.4 Å². The second-order valence-electron chi connectivity index (χ2n) is 5.09. The molecule has 0 saturated heterocycles. The summed E-state index contributed by atoms with van der Waals surface area (Å²) in [5.74, 6) is -0.457. The summed E-state index contributed by atoms with van der Waals surface area (Å²) < 4.78 is 4.91. The van der Waals surface area contributed by atoms with Gasteiger partial charge in [-0.2, -0.15) is 0 Å². The molecule has 126 valence electrons. The summed E-state index contributed by atoms with van der Waals surface area (Å²) in [6.07, 6.45) is 2.09. The van der Waals surface area contributed by atoms with E-state index in [0.29, 0.717) is 37.4 Å². The third-order valence-corrected chi connectivity index (χ3v) is 3.24. The van der Waals surface area contributed by atoms with Crippen molar-refractivity contribution in [2.45, 2.75) is 19.9 Å². The van der Waals surface area contributed by atoms with E-state index in [-0.39, 0.29) is 11.9 Å². The van der Waals surface area contributed by atoms with Crippen molar-refractivity contribution in [3.05, 3.63) is 59.9 Å². The average Bonchev–Trinajstić information content (AvgIpc) is 2.60. The number of nitrogens with zero attached hydrogens (tertiary/aromatic N) is 1. The number of rotatable bonds is 8. The normalized spacial score (nSPS) is 10.2. The molecule has 1 heterocycles. The van der Waals surface area contributed by atoms with Gasteiger partial charge in [0, 0.05) is 31.4 Å². The number of nitrogens with one attached hydrogen (secondary N) is 2. The SMILES string of the molecule is CCOC(=O)c1ccc(NC(=O)CCNCc2ccccn2)cc1. The van der Waals surface area contributed by atoms with Gasteiger partial charge in [0.2, 0.25) is 5.91 Å². The molecule has 1 amide bonds. The number of ether oxygens (including phenoxy) is 1. The van der Waals surface area contributed by atoms with Gasteiger partial charge in [-0.25, -0.2) is 4.79 Å². The quantitative estimate of drug-likeness (QED) is 0.575. The lowest BCUT2D eigenvalue weighted by Crippen LogP contribution is -2.21. The molecule has 0 saturated carbocycles. The summed E-state index contributed by atoms with van der Waals surface area (Å²) >= 11 is 0. The van der Waals surface area contributed by atoms with Crippen LogP contribution in [-0.2, 0) is 16.1 Å². The number of esters is 1. The Balaban J connectivity index is 1.71. The zero-order valence-corrected chi connectivity index (χ0v) is 13.6. The fraction of sp³-hybridized carbons (Fsp3) is 0.278.